The van der Waals surface area contributed by atoms with Crippen LogP contribution in [0.1, 0.15) is 51.0 Å². The third kappa shape index (κ3) is 8.35. The molecular formula is C27H35Cl2N3O4S. The molecule has 1 N–H and O–H groups in total. The Morgan fingerprint density at radius 3 is 2.35 bits per heavy atom. The van der Waals surface area contributed by atoms with Gasteiger partial charge in [0.05, 0.1) is 17.0 Å². The van der Waals surface area contributed by atoms with Crippen molar-refractivity contribution in [1.29, 1.82) is 0 Å². The van der Waals surface area contributed by atoms with Crippen LogP contribution in [-0.2, 0) is 26.0 Å². The van der Waals surface area contributed by atoms with Gasteiger partial charge in [-0.1, -0.05) is 79.7 Å². The number of hydrogen-bond acceptors (Lipinski definition) is 4. The molecule has 0 spiro atoms. The molecule has 1 atom stereocenters. The SMILES string of the molecule is CCC(C(=O)NC1CCCCC1)N(CCc1ccccc1)C(=O)CN(c1cc(Cl)ccc1Cl)S(C)(=O)=O. The molecule has 0 radical (unpaired) electrons. The van der Waals surface area contributed by atoms with Crippen LogP contribution in [0.5, 0.6) is 0 Å². The molecule has 3 rings (SSSR count). The van der Waals surface area contributed by atoms with Crippen molar-refractivity contribution in [2.75, 3.05) is 23.7 Å². The molecule has 2 amide bonds. The largest absolute Gasteiger partial charge is 0.352 e. The van der Waals surface area contributed by atoms with Gasteiger partial charge in [0.1, 0.15) is 12.6 Å². The molecule has 7 nitrogen and oxygen atoms in total. The van der Waals surface area contributed by atoms with Crippen molar-refractivity contribution in [3.63, 3.8) is 0 Å². The lowest BCUT2D eigenvalue weighted by molar-refractivity contribution is -0.140. The number of anilines is 1. The predicted molar refractivity (Wildman–Crippen MR) is 150 cm³/mol. The van der Waals surface area contributed by atoms with Crippen LogP contribution >= 0.6 is 23.2 Å². The van der Waals surface area contributed by atoms with Crippen molar-refractivity contribution in [1.82, 2.24) is 10.2 Å². The minimum absolute atomic E-state index is 0.0964. The zero-order valence-corrected chi connectivity index (χ0v) is 23.7. The molecule has 1 unspecified atom stereocenters. The number of carbonyl (C=O) groups is 2. The number of hydrogen-bond donors (Lipinski definition) is 1. The number of nitrogens with one attached hydrogen (secondary N) is 1. The Balaban J connectivity index is 1.88. The monoisotopic (exact) mass is 567 g/mol. The maximum absolute atomic E-state index is 13.8. The van der Waals surface area contributed by atoms with Gasteiger partial charge in [-0.15, -0.1) is 0 Å². The third-order valence-electron chi connectivity index (χ3n) is 6.68. The van der Waals surface area contributed by atoms with Gasteiger partial charge in [0, 0.05) is 17.6 Å². The van der Waals surface area contributed by atoms with Crippen LogP contribution in [0.25, 0.3) is 0 Å². The van der Waals surface area contributed by atoms with Crippen LogP contribution in [0.3, 0.4) is 0 Å². The Hall–Kier alpha value is -2.29. The Kier molecular flexibility index (Phi) is 10.7. The summed E-state index contributed by atoms with van der Waals surface area (Å²) in [4.78, 5) is 28.6. The first-order valence-corrected chi connectivity index (χ1v) is 15.3. The molecule has 1 fully saturated rings. The molecule has 0 bridgehead atoms. The normalized spacial score (nSPS) is 15.1. The van der Waals surface area contributed by atoms with Gasteiger partial charge in [-0.25, -0.2) is 8.42 Å². The summed E-state index contributed by atoms with van der Waals surface area (Å²) in [6.07, 6.45) is 7.10. The van der Waals surface area contributed by atoms with E-state index in [4.69, 9.17) is 23.2 Å². The number of benzene rings is 2. The van der Waals surface area contributed by atoms with E-state index in [1.54, 1.807) is 6.07 Å². The average Bonchev–Trinajstić information content (AvgIpc) is 2.87. The molecule has 0 saturated heterocycles. The van der Waals surface area contributed by atoms with Crippen molar-refractivity contribution < 1.29 is 18.0 Å². The zero-order valence-electron chi connectivity index (χ0n) is 21.3. The summed E-state index contributed by atoms with van der Waals surface area (Å²) < 4.78 is 26.4. The van der Waals surface area contributed by atoms with Crippen LogP contribution in [-0.4, -0.2) is 56.6 Å². The standard InChI is InChI=1S/C27H35Cl2N3O4S/c1-3-24(27(34)30-22-12-8-5-9-13-22)31(17-16-20-10-6-4-7-11-20)26(33)19-32(37(2,35)36)25-18-21(28)14-15-23(25)29/h4,6-7,10-11,14-15,18,22,24H,3,5,8-9,12-13,16-17,19H2,1-2H3,(H,30,34). The summed E-state index contributed by atoms with van der Waals surface area (Å²) >= 11 is 12.4. The second kappa shape index (κ2) is 13.5. The van der Waals surface area contributed by atoms with Gasteiger partial charge >= 0.3 is 0 Å². The molecule has 202 valence electrons. The smallest absolute Gasteiger partial charge is 0.244 e. The first kappa shape index (κ1) is 29.3. The quantitative estimate of drug-likeness (QED) is 0.411. The first-order chi connectivity index (χ1) is 17.6. The predicted octanol–water partition coefficient (Wildman–Crippen LogP) is 5.06. The highest BCUT2D eigenvalue weighted by atomic mass is 35.5. The summed E-state index contributed by atoms with van der Waals surface area (Å²) in [5.41, 5.74) is 1.13. The summed E-state index contributed by atoms with van der Waals surface area (Å²) in [5, 5.41) is 3.58. The summed E-state index contributed by atoms with van der Waals surface area (Å²) in [6, 6.07) is 13.5. The zero-order chi connectivity index (χ0) is 27.0. The Labute approximate surface area is 230 Å². The van der Waals surface area contributed by atoms with E-state index in [1.165, 1.54) is 23.5 Å². The average molecular weight is 569 g/mol. The van der Waals surface area contributed by atoms with E-state index >= 15 is 0 Å². The van der Waals surface area contributed by atoms with Crippen LogP contribution in [0.2, 0.25) is 10.0 Å². The number of nitrogens with zero attached hydrogens (tertiary/aromatic N) is 2. The minimum Gasteiger partial charge on any atom is -0.352 e. The minimum atomic E-state index is -3.89. The van der Waals surface area contributed by atoms with Crippen LogP contribution in [0.15, 0.2) is 48.5 Å². The van der Waals surface area contributed by atoms with Crippen molar-refractivity contribution in [2.45, 2.75) is 64.0 Å². The fourth-order valence-electron chi connectivity index (χ4n) is 4.71. The summed E-state index contributed by atoms with van der Waals surface area (Å²) in [7, 11) is -3.89. The lowest BCUT2D eigenvalue weighted by Crippen LogP contribution is -2.54. The highest BCUT2D eigenvalue weighted by molar-refractivity contribution is 7.92. The van der Waals surface area contributed by atoms with Gasteiger partial charge in [-0.05, 0) is 49.4 Å². The molecule has 37 heavy (non-hydrogen) atoms. The van der Waals surface area contributed by atoms with E-state index in [9.17, 15) is 18.0 Å². The molecule has 0 aliphatic heterocycles. The second-order valence-electron chi connectivity index (χ2n) is 9.46. The van der Waals surface area contributed by atoms with E-state index < -0.39 is 28.5 Å². The van der Waals surface area contributed by atoms with E-state index in [0.29, 0.717) is 17.9 Å². The number of carbonyl (C=O) groups excluding carboxylic acids is 2. The van der Waals surface area contributed by atoms with Crippen LogP contribution in [0.4, 0.5) is 5.69 Å². The van der Waals surface area contributed by atoms with Gasteiger partial charge in [0.2, 0.25) is 21.8 Å². The maximum Gasteiger partial charge on any atom is 0.244 e. The molecule has 1 aliphatic rings. The highest BCUT2D eigenvalue weighted by Crippen LogP contribution is 2.31. The Bertz CT molecular complexity index is 1170. The molecule has 0 aromatic heterocycles. The topological polar surface area (TPSA) is 86.8 Å². The van der Waals surface area contributed by atoms with E-state index in [0.717, 1.165) is 41.8 Å². The van der Waals surface area contributed by atoms with E-state index in [1.807, 2.05) is 37.3 Å². The van der Waals surface area contributed by atoms with Crippen molar-refractivity contribution >= 4 is 50.7 Å². The van der Waals surface area contributed by atoms with Gasteiger partial charge in [-0.2, -0.15) is 0 Å². The first-order valence-electron chi connectivity index (χ1n) is 12.7. The van der Waals surface area contributed by atoms with Gasteiger partial charge in [0.15, 0.2) is 0 Å². The molecule has 0 heterocycles. The number of rotatable bonds is 11. The number of sulfonamides is 1. The van der Waals surface area contributed by atoms with E-state index in [-0.39, 0.29) is 29.2 Å². The summed E-state index contributed by atoms with van der Waals surface area (Å²) in [6.45, 7) is 1.62. The molecule has 10 heteroatoms. The summed E-state index contributed by atoms with van der Waals surface area (Å²) in [5.74, 6) is -0.689. The maximum atomic E-state index is 13.8. The number of amides is 2. The highest BCUT2D eigenvalue weighted by Gasteiger charge is 2.33. The fraction of sp³-hybridized carbons (Fsp3) is 0.481. The Morgan fingerprint density at radius 2 is 1.73 bits per heavy atom. The lowest BCUT2D eigenvalue weighted by atomic mass is 9.95. The van der Waals surface area contributed by atoms with Crippen molar-refractivity contribution in [3.8, 4) is 0 Å². The number of halogens is 2. The van der Waals surface area contributed by atoms with Crippen LogP contribution < -0.4 is 9.62 Å². The Morgan fingerprint density at radius 1 is 1.05 bits per heavy atom. The van der Waals surface area contributed by atoms with Crippen molar-refractivity contribution in [3.05, 3.63) is 64.1 Å². The van der Waals surface area contributed by atoms with Gasteiger partial charge in [0.25, 0.3) is 0 Å². The molecule has 1 aliphatic carbocycles. The molecule has 2 aromatic rings. The third-order valence-corrected chi connectivity index (χ3v) is 8.36. The lowest BCUT2D eigenvalue weighted by Gasteiger charge is -2.34. The van der Waals surface area contributed by atoms with E-state index in [2.05, 4.69) is 5.32 Å². The molecule has 2 aromatic carbocycles. The fourth-order valence-corrected chi connectivity index (χ4v) is 6.00. The molecular weight excluding hydrogens is 533 g/mol. The van der Waals surface area contributed by atoms with Crippen LogP contribution in [0, 0.1) is 0 Å². The molecule has 1 saturated carbocycles. The van der Waals surface area contributed by atoms with Crippen molar-refractivity contribution in [2.24, 2.45) is 0 Å². The van der Waals surface area contributed by atoms with Gasteiger partial charge < -0.3 is 10.2 Å². The van der Waals surface area contributed by atoms with Gasteiger partial charge in [-0.3, -0.25) is 13.9 Å². The second-order valence-corrected chi connectivity index (χ2v) is 12.2.